The van der Waals surface area contributed by atoms with E-state index in [4.69, 9.17) is 0 Å². The molecule has 2 fully saturated rings. The van der Waals surface area contributed by atoms with E-state index in [1.54, 1.807) is 0 Å². The molecule has 2 unspecified atom stereocenters. The summed E-state index contributed by atoms with van der Waals surface area (Å²) in [6, 6.07) is 5.60. The predicted molar refractivity (Wildman–Crippen MR) is 77.8 cm³/mol. The highest BCUT2D eigenvalue weighted by molar-refractivity contribution is 5.09. The van der Waals surface area contributed by atoms with Gasteiger partial charge in [-0.3, -0.25) is 9.88 Å². The molecule has 0 spiro atoms. The molecule has 1 aliphatic heterocycles. The summed E-state index contributed by atoms with van der Waals surface area (Å²) >= 11 is 0. The summed E-state index contributed by atoms with van der Waals surface area (Å²) in [6.07, 6.45) is 6.70. The molecule has 3 heteroatoms. The molecular weight excluding hydrogens is 234 g/mol. The van der Waals surface area contributed by atoms with E-state index in [9.17, 15) is 0 Å². The van der Waals surface area contributed by atoms with Crippen LogP contribution < -0.4 is 5.32 Å². The van der Waals surface area contributed by atoms with Crippen molar-refractivity contribution in [2.24, 2.45) is 11.8 Å². The van der Waals surface area contributed by atoms with Crippen LogP contribution in [0.2, 0.25) is 0 Å². The molecule has 0 amide bonds. The molecule has 0 bridgehead atoms. The smallest absolute Gasteiger partial charge is 0.0312 e. The fourth-order valence-corrected chi connectivity index (χ4v) is 3.23. The Kier molecular flexibility index (Phi) is 3.85. The van der Waals surface area contributed by atoms with Crippen LogP contribution in [0.1, 0.15) is 32.3 Å². The van der Waals surface area contributed by atoms with Gasteiger partial charge in [-0.15, -0.1) is 0 Å². The first kappa shape index (κ1) is 13.1. The van der Waals surface area contributed by atoms with E-state index >= 15 is 0 Å². The van der Waals surface area contributed by atoms with Gasteiger partial charge in [0.1, 0.15) is 0 Å². The van der Waals surface area contributed by atoms with Crippen molar-refractivity contribution in [3.05, 3.63) is 30.1 Å². The SMILES string of the molecule is CC(C)C1CNC(C2CC2)CN1Cc1cccnc1. The van der Waals surface area contributed by atoms with E-state index in [2.05, 4.69) is 35.1 Å². The minimum Gasteiger partial charge on any atom is -0.311 e. The number of nitrogens with one attached hydrogen (secondary N) is 1. The first-order valence-corrected chi connectivity index (χ1v) is 7.60. The molecule has 1 saturated heterocycles. The van der Waals surface area contributed by atoms with Crippen molar-refractivity contribution in [2.75, 3.05) is 13.1 Å². The van der Waals surface area contributed by atoms with Gasteiger partial charge in [-0.25, -0.2) is 0 Å². The van der Waals surface area contributed by atoms with Crippen molar-refractivity contribution in [2.45, 2.75) is 45.3 Å². The summed E-state index contributed by atoms with van der Waals surface area (Å²) < 4.78 is 0. The van der Waals surface area contributed by atoms with Crippen molar-refractivity contribution < 1.29 is 0 Å². The van der Waals surface area contributed by atoms with Gasteiger partial charge in [-0.05, 0) is 36.3 Å². The standard InChI is InChI=1S/C16H25N3/c1-12(2)16-9-18-15(14-5-6-14)11-19(16)10-13-4-3-7-17-8-13/h3-4,7-8,12,14-16,18H,5-6,9-11H2,1-2H3. The zero-order valence-corrected chi connectivity index (χ0v) is 12.0. The Morgan fingerprint density at radius 1 is 1.42 bits per heavy atom. The number of nitrogens with zero attached hydrogens (tertiary/aromatic N) is 2. The van der Waals surface area contributed by atoms with Crippen LogP contribution in [0.3, 0.4) is 0 Å². The lowest BCUT2D eigenvalue weighted by Gasteiger charge is -2.42. The van der Waals surface area contributed by atoms with Gasteiger partial charge < -0.3 is 5.32 Å². The fraction of sp³-hybridized carbons (Fsp3) is 0.688. The number of piperazine rings is 1. The lowest BCUT2D eigenvalue weighted by molar-refractivity contribution is 0.0851. The van der Waals surface area contributed by atoms with E-state index in [-0.39, 0.29) is 0 Å². The minimum absolute atomic E-state index is 0.648. The van der Waals surface area contributed by atoms with Gasteiger partial charge in [-0.1, -0.05) is 19.9 Å². The van der Waals surface area contributed by atoms with Crippen molar-refractivity contribution in [3.63, 3.8) is 0 Å². The molecule has 19 heavy (non-hydrogen) atoms. The number of aromatic nitrogens is 1. The Balaban J connectivity index is 1.69. The van der Waals surface area contributed by atoms with E-state index in [0.29, 0.717) is 18.0 Å². The van der Waals surface area contributed by atoms with E-state index in [1.807, 2.05) is 18.5 Å². The molecule has 2 heterocycles. The monoisotopic (exact) mass is 259 g/mol. The average molecular weight is 259 g/mol. The second-order valence-electron chi connectivity index (χ2n) is 6.45. The Morgan fingerprint density at radius 2 is 2.26 bits per heavy atom. The molecular formula is C16H25N3. The molecule has 1 saturated carbocycles. The van der Waals surface area contributed by atoms with Gasteiger partial charge in [0.15, 0.2) is 0 Å². The van der Waals surface area contributed by atoms with E-state index in [0.717, 1.165) is 19.0 Å². The molecule has 1 aromatic rings. The summed E-state index contributed by atoms with van der Waals surface area (Å²) in [4.78, 5) is 6.91. The fourth-order valence-electron chi connectivity index (χ4n) is 3.23. The molecule has 3 rings (SSSR count). The molecule has 2 atom stereocenters. The van der Waals surface area contributed by atoms with Crippen molar-refractivity contribution >= 4 is 0 Å². The number of hydrogen-bond acceptors (Lipinski definition) is 3. The number of pyridine rings is 1. The second-order valence-corrected chi connectivity index (χ2v) is 6.45. The third-order valence-electron chi connectivity index (χ3n) is 4.56. The summed E-state index contributed by atoms with van der Waals surface area (Å²) in [5.74, 6) is 1.63. The number of hydrogen-bond donors (Lipinski definition) is 1. The van der Waals surface area contributed by atoms with E-state index < -0.39 is 0 Å². The molecule has 104 valence electrons. The molecule has 0 radical (unpaired) electrons. The Labute approximate surface area is 116 Å². The lowest BCUT2D eigenvalue weighted by Crippen LogP contribution is -2.58. The van der Waals surface area contributed by atoms with Gasteiger partial charge in [0, 0.05) is 44.1 Å². The second kappa shape index (κ2) is 5.59. The summed E-state index contributed by atoms with van der Waals surface area (Å²) in [5, 5.41) is 3.77. The normalized spacial score (nSPS) is 28.8. The zero-order valence-electron chi connectivity index (χ0n) is 12.0. The summed E-state index contributed by atoms with van der Waals surface area (Å²) in [6.45, 7) is 8.04. The van der Waals surface area contributed by atoms with Gasteiger partial charge >= 0.3 is 0 Å². The maximum absolute atomic E-state index is 4.24. The molecule has 2 aliphatic rings. The highest BCUT2D eigenvalue weighted by Gasteiger charge is 2.37. The number of rotatable bonds is 4. The van der Waals surface area contributed by atoms with Gasteiger partial charge in [0.05, 0.1) is 0 Å². The molecule has 0 aromatic carbocycles. The van der Waals surface area contributed by atoms with Gasteiger partial charge in [0.25, 0.3) is 0 Å². The van der Waals surface area contributed by atoms with Crippen LogP contribution in [0.15, 0.2) is 24.5 Å². The van der Waals surface area contributed by atoms with Crippen LogP contribution in [0.4, 0.5) is 0 Å². The van der Waals surface area contributed by atoms with Crippen LogP contribution in [-0.4, -0.2) is 35.1 Å². The Morgan fingerprint density at radius 3 is 2.89 bits per heavy atom. The third kappa shape index (κ3) is 3.15. The highest BCUT2D eigenvalue weighted by atomic mass is 15.2. The maximum atomic E-state index is 4.24. The van der Waals surface area contributed by atoms with Crippen molar-refractivity contribution in [1.82, 2.24) is 15.2 Å². The first-order valence-electron chi connectivity index (χ1n) is 7.60. The van der Waals surface area contributed by atoms with Crippen molar-refractivity contribution in [1.29, 1.82) is 0 Å². The van der Waals surface area contributed by atoms with Crippen LogP contribution in [0, 0.1) is 11.8 Å². The minimum atomic E-state index is 0.648. The van der Waals surface area contributed by atoms with Crippen LogP contribution >= 0.6 is 0 Å². The highest BCUT2D eigenvalue weighted by Crippen LogP contribution is 2.35. The van der Waals surface area contributed by atoms with Crippen molar-refractivity contribution in [3.8, 4) is 0 Å². The topological polar surface area (TPSA) is 28.2 Å². The largest absolute Gasteiger partial charge is 0.311 e. The zero-order chi connectivity index (χ0) is 13.2. The van der Waals surface area contributed by atoms with Gasteiger partial charge in [-0.2, -0.15) is 0 Å². The van der Waals surface area contributed by atoms with Crippen LogP contribution in [0.5, 0.6) is 0 Å². The summed E-state index contributed by atoms with van der Waals surface area (Å²) in [5.41, 5.74) is 1.34. The molecule has 1 aliphatic carbocycles. The maximum Gasteiger partial charge on any atom is 0.0312 e. The van der Waals surface area contributed by atoms with Crippen LogP contribution in [0.25, 0.3) is 0 Å². The molecule has 1 aromatic heterocycles. The quantitative estimate of drug-likeness (QED) is 0.899. The van der Waals surface area contributed by atoms with Crippen LogP contribution in [-0.2, 0) is 6.54 Å². The molecule has 1 N–H and O–H groups in total. The Bertz CT molecular complexity index is 400. The van der Waals surface area contributed by atoms with Gasteiger partial charge in [0.2, 0.25) is 0 Å². The molecule has 3 nitrogen and oxygen atoms in total. The average Bonchev–Trinajstić information content (AvgIpc) is 3.24. The Hall–Kier alpha value is -0.930. The third-order valence-corrected chi connectivity index (χ3v) is 4.56. The predicted octanol–water partition coefficient (Wildman–Crippen LogP) is 2.29. The van der Waals surface area contributed by atoms with E-state index in [1.165, 1.54) is 24.9 Å². The lowest BCUT2D eigenvalue weighted by atomic mass is 9.96. The first-order chi connectivity index (χ1) is 9.24. The summed E-state index contributed by atoms with van der Waals surface area (Å²) in [7, 11) is 0.